The van der Waals surface area contributed by atoms with Gasteiger partial charge in [0.15, 0.2) is 18.2 Å². The highest BCUT2D eigenvalue weighted by atomic mass is 16.7. The summed E-state index contributed by atoms with van der Waals surface area (Å²) in [5.74, 6) is -4.18. The summed E-state index contributed by atoms with van der Waals surface area (Å²) in [6.07, 6.45) is -2.35. The van der Waals surface area contributed by atoms with Crippen molar-refractivity contribution in [2.24, 2.45) is 17.8 Å². The average molecular weight is 794 g/mol. The number of pyridine rings is 1. The van der Waals surface area contributed by atoms with Crippen LogP contribution in [0, 0.1) is 17.8 Å². The molecule has 2 aromatic heterocycles. The van der Waals surface area contributed by atoms with Gasteiger partial charge in [-0.3, -0.25) is 14.5 Å². The maximum absolute atomic E-state index is 14.3. The topological polar surface area (TPSA) is 211 Å². The number of hydrogen-bond acceptors (Lipinski definition) is 14. The first-order valence-electron chi connectivity index (χ1n) is 19.1. The van der Waals surface area contributed by atoms with Crippen molar-refractivity contribution < 1.29 is 48.0 Å². The summed E-state index contributed by atoms with van der Waals surface area (Å²) in [6, 6.07) is 12.4. The van der Waals surface area contributed by atoms with Crippen LogP contribution in [0.3, 0.4) is 0 Å². The highest BCUT2D eigenvalue weighted by Gasteiger charge is 2.50. The molecule has 10 atom stereocenters. The zero-order chi connectivity index (χ0) is 41.6. The zero-order valence-electron chi connectivity index (χ0n) is 33.8. The van der Waals surface area contributed by atoms with Crippen molar-refractivity contribution in [3.05, 3.63) is 60.3 Å². The van der Waals surface area contributed by atoms with Crippen molar-refractivity contribution in [3.63, 3.8) is 0 Å². The van der Waals surface area contributed by atoms with Crippen LogP contribution in [0.15, 0.2) is 54.7 Å². The monoisotopic (exact) mass is 793 g/mol. The van der Waals surface area contributed by atoms with E-state index in [1.165, 1.54) is 23.6 Å². The number of nitrogens with zero attached hydrogens (tertiary/aromatic N) is 6. The fourth-order valence-electron chi connectivity index (χ4n) is 7.78. The van der Waals surface area contributed by atoms with Gasteiger partial charge in [0, 0.05) is 19.6 Å². The maximum atomic E-state index is 14.3. The minimum absolute atomic E-state index is 0.00356. The Bertz CT molecular complexity index is 1860. The standard InChI is InChI=1S/C40H55N7O10/c1-23-18-40(5,53-8)35(57-38-34(31(45(6)7)17-24(2)55-38)56-37(50)27-13-10-9-11-14-27)25(3)33(48)26(4)36(49)54-22-28(47(19-23)39(51)52)20-46-21-30(43-44-46)29-15-12-16-32(41)42-29/h9-16,21,23-26,28,31,34-35,38H,17-20,22H2,1-8H3,(H2,41,42)(H,51,52)/t23-,24-,25+,26?,28-,31+,34-,35-,38+,40-/m1/s1. The van der Waals surface area contributed by atoms with E-state index in [9.17, 15) is 24.3 Å². The third kappa shape index (κ3) is 10.3. The zero-order valence-corrected chi connectivity index (χ0v) is 33.8. The minimum Gasteiger partial charge on any atom is -0.465 e. The summed E-state index contributed by atoms with van der Waals surface area (Å²) in [4.78, 5) is 61.7. The lowest BCUT2D eigenvalue weighted by Crippen LogP contribution is -2.60. The number of likely N-dealkylation sites (N-methyl/N-ethyl adjacent to an activating group) is 1. The van der Waals surface area contributed by atoms with E-state index >= 15 is 0 Å². The molecule has 1 amide bonds. The fourth-order valence-corrected chi connectivity index (χ4v) is 7.78. The number of rotatable bonds is 9. The van der Waals surface area contributed by atoms with Gasteiger partial charge in [-0.15, -0.1) is 5.10 Å². The first-order valence-corrected chi connectivity index (χ1v) is 19.1. The van der Waals surface area contributed by atoms with Gasteiger partial charge in [0.25, 0.3) is 0 Å². The van der Waals surface area contributed by atoms with Crippen LogP contribution in [0.5, 0.6) is 0 Å². The average Bonchev–Trinajstić information content (AvgIpc) is 3.65. The molecule has 0 saturated carbocycles. The van der Waals surface area contributed by atoms with Gasteiger partial charge in [-0.05, 0) is 77.9 Å². The quantitative estimate of drug-likeness (QED) is 0.233. The van der Waals surface area contributed by atoms with Crippen molar-refractivity contribution in [2.45, 2.75) is 96.3 Å². The van der Waals surface area contributed by atoms with Crippen molar-refractivity contribution >= 4 is 29.6 Å². The number of hydrogen-bond donors (Lipinski definition) is 2. The van der Waals surface area contributed by atoms with E-state index < -0.39 is 65.8 Å². The van der Waals surface area contributed by atoms with Gasteiger partial charge in [0.1, 0.15) is 24.0 Å². The number of cyclic esters (lactones) is 1. The van der Waals surface area contributed by atoms with E-state index in [1.54, 1.807) is 68.6 Å². The second-order valence-corrected chi connectivity index (χ2v) is 15.6. The van der Waals surface area contributed by atoms with Crippen molar-refractivity contribution in [1.29, 1.82) is 0 Å². The molecule has 2 aliphatic rings. The normalized spacial score (nSPS) is 30.5. The van der Waals surface area contributed by atoms with E-state index in [0.29, 0.717) is 29.2 Å². The van der Waals surface area contributed by atoms with Crippen LogP contribution in [0.4, 0.5) is 10.6 Å². The molecule has 57 heavy (non-hydrogen) atoms. The van der Waals surface area contributed by atoms with Gasteiger partial charge in [-0.25, -0.2) is 19.3 Å². The number of aromatic nitrogens is 4. The summed E-state index contributed by atoms with van der Waals surface area (Å²) in [6.45, 7) is 8.26. The summed E-state index contributed by atoms with van der Waals surface area (Å²) in [5.41, 5.74) is 5.85. The van der Waals surface area contributed by atoms with E-state index in [-0.39, 0.29) is 44.2 Å². The summed E-state index contributed by atoms with van der Waals surface area (Å²) in [7, 11) is 5.25. The summed E-state index contributed by atoms with van der Waals surface area (Å²) < 4.78 is 32.7. The van der Waals surface area contributed by atoms with Crippen LogP contribution < -0.4 is 5.73 Å². The largest absolute Gasteiger partial charge is 0.465 e. The number of methoxy groups -OCH3 is 1. The molecule has 3 aromatic rings. The number of esters is 2. The van der Waals surface area contributed by atoms with Gasteiger partial charge in [0.05, 0.1) is 53.9 Å². The Hall–Kier alpha value is -4.97. The van der Waals surface area contributed by atoms with Crippen LogP contribution in [-0.2, 0) is 39.8 Å². The molecule has 2 aliphatic heterocycles. The van der Waals surface area contributed by atoms with Crippen LogP contribution >= 0.6 is 0 Å². The molecule has 0 radical (unpaired) electrons. The SMILES string of the molecule is CO[C@]1(C)C[C@@H](C)CN(C(=O)O)[C@H](Cn2cc(-c3cccc(N)n3)nn2)COC(=O)C(C)C(=O)[C@H](C)[C@H]1O[C@@H]1O[C@H](C)C[C@H](N(C)C)[C@H]1OC(=O)c1ccccc1. The molecule has 2 saturated heterocycles. The molecule has 2 fully saturated rings. The Kier molecular flexibility index (Phi) is 14.0. The third-order valence-corrected chi connectivity index (χ3v) is 10.9. The van der Waals surface area contributed by atoms with Crippen LogP contribution in [0.1, 0.15) is 57.8 Å². The number of nitrogen functional groups attached to an aromatic ring is 1. The van der Waals surface area contributed by atoms with Crippen LogP contribution in [-0.4, -0.2) is 135 Å². The number of anilines is 1. The molecule has 5 rings (SSSR count). The number of benzene rings is 1. The van der Waals surface area contributed by atoms with E-state index in [1.807, 2.05) is 32.8 Å². The number of nitrogens with two attached hydrogens (primary N) is 1. The lowest BCUT2D eigenvalue weighted by molar-refractivity contribution is -0.294. The van der Waals surface area contributed by atoms with E-state index in [0.717, 1.165) is 0 Å². The molecular weight excluding hydrogens is 738 g/mol. The molecule has 4 heterocycles. The van der Waals surface area contributed by atoms with Gasteiger partial charge in [-0.2, -0.15) is 0 Å². The Labute approximate surface area is 332 Å². The predicted octanol–water partition coefficient (Wildman–Crippen LogP) is 3.78. The van der Waals surface area contributed by atoms with Crippen molar-refractivity contribution in [2.75, 3.05) is 40.1 Å². The lowest BCUT2D eigenvalue weighted by Gasteiger charge is -2.47. The van der Waals surface area contributed by atoms with Gasteiger partial charge >= 0.3 is 18.0 Å². The Morgan fingerprint density at radius 3 is 2.42 bits per heavy atom. The minimum atomic E-state index is -1.26. The third-order valence-electron chi connectivity index (χ3n) is 10.9. The van der Waals surface area contributed by atoms with Gasteiger partial charge < -0.3 is 39.4 Å². The molecule has 0 aliphatic carbocycles. The van der Waals surface area contributed by atoms with Crippen LogP contribution in [0.25, 0.3) is 11.4 Å². The highest BCUT2D eigenvalue weighted by Crippen LogP contribution is 2.37. The molecule has 17 heteroatoms. The lowest BCUT2D eigenvalue weighted by atomic mass is 9.78. The Morgan fingerprint density at radius 1 is 1.05 bits per heavy atom. The second-order valence-electron chi connectivity index (χ2n) is 15.6. The van der Waals surface area contributed by atoms with Crippen molar-refractivity contribution in [1.82, 2.24) is 29.8 Å². The fraction of sp³-hybridized carbons (Fsp3) is 0.575. The number of amides is 1. The summed E-state index contributed by atoms with van der Waals surface area (Å²) >= 11 is 0. The number of ether oxygens (including phenoxy) is 5. The maximum Gasteiger partial charge on any atom is 0.407 e. The number of carbonyl (C=O) groups is 4. The first-order chi connectivity index (χ1) is 27.0. The smallest absolute Gasteiger partial charge is 0.407 e. The number of carbonyl (C=O) groups excluding carboxylic acids is 3. The molecule has 0 bridgehead atoms. The second kappa shape index (κ2) is 18.5. The van der Waals surface area contributed by atoms with Gasteiger partial charge in [0.2, 0.25) is 0 Å². The van der Waals surface area contributed by atoms with E-state index in [2.05, 4.69) is 15.3 Å². The number of Topliss-reactive ketones (excluding diaryl/α,β-unsaturated/α-hetero) is 1. The highest BCUT2D eigenvalue weighted by molar-refractivity contribution is 6.00. The van der Waals surface area contributed by atoms with E-state index in [4.69, 9.17) is 29.4 Å². The molecule has 17 nitrogen and oxygen atoms in total. The van der Waals surface area contributed by atoms with Gasteiger partial charge in [-0.1, -0.05) is 43.3 Å². The number of ketones is 1. The van der Waals surface area contributed by atoms with Crippen LogP contribution in [0.2, 0.25) is 0 Å². The summed E-state index contributed by atoms with van der Waals surface area (Å²) in [5, 5.41) is 18.9. The molecule has 310 valence electrons. The first kappa shape index (κ1) is 43.2. The van der Waals surface area contributed by atoms with Crippen molar-refractivity contribution in [3.8, 4) is 11.4 Å². The molecular formula is C40H55N7O10. The number of carboxylic acid groups (broad SMARTS) is 1. The Morgan fingerprint density at radius 2 is 1.77 bits per heavy atom. The Balaban J connectivity index is 1.47. The molecule has 1 aromatic carbocycles. The molecule has 3 N–H and O–H groups in total. The molecule has 1 unspecified atom stereocenters. The molecule has 0 spiro atoms. The predicted molar refractivity (Wildman–Crippen MR) is 207 cm³/mol.